The summed E-state index contributed by atoms with van der Waals surface area (Å²) in [5, 5.41) is 2.92. The first-order valence-electron chi connectivity index (χ1n) is 12.4. The monoisotopic (exact) mass is 578 g/mol. The second-order valence-corrected chi connectivity index (χ2v) is 12.6. The van der Waals surface area contributed by atoms with E-state index in [0.29, 0.717) is 29.8 Å². The summed E-state index contributed by atoms with van der Waals surface area (Å²) in [4.78, 5) is 20.2. The van der Waals surface area contributed by atoms with Crippen LogP contribution in [-0.4, -0.2) is 45.3 Å². The molecule has 3 aromatic rings. The molecule has 0 fully saturated rings. The van der Waals surface area contributed by atoms with Gasteiger partial charge in [0.15, 0.2) is 23.2 Å². The van der Waals surface area contributed by atoms with Gasteiger partial charge in [0.1, 0.15) is 17.0 Å². The molecule has 1 atom stereocenters. The molecule has 1 N–H and O–H groups in total. The van der Waals surface area contributed by atoms with Crippen LogP contribution in [0.3, 0.4) is 0 Å². The van der Waals surface area contributed by atoms with E-state index < -0.39 is 50.3 Å². The van der Waals surface area contributed by atoms with Gasteiger partial charge in [-0.15, -0.1) is 4.36 Å². The Morgan fingerprint density at radius 1 is 1.10 bits per heavy atom. The fourth-order valence-corrected chi connectivity index (χ4v) is 5.04. The molecule has 0 radical (unpaired) electrons. The Bertz CT molecular complexity index is 1550. The molecule has 1 aliphatic heterocycles. The van der Waals surface area contributed by atoms with E-state index in [1.54, 1.807) is 39.0 Å². The van der Waals surface area contributed by atoms with Crippen molar-refractivity contribution in [1.29, 1.82) is 0 Å². The van der Waals surface area contributed by atoms with Crippen LogP contribution in [0.25, 0.3) is 11.3 Å². The molecule has 0 saturated heterocycles. The van der Waals surface area contributed by atoms with Crippen LogP contribution in [0.2, 0.25) is 0 Å². The van der Waals surface area contributed by atoms with Gasteiger partial charge in [0.05, 0.1) is 34.9 Å². The Labute approximate surface area is 230 Å². The molecule has 0 saturated carbocycles. The lowest BCUT2D eigenvalue weighted by Gasteiger charge is -2.18. The standard InChI is InChI=1S/C27H29F3N4O5S/c1-27(2,3)39-26(35)34-40(4,36)15-16-11-17-13-18(12-16)37-9-5-6-10-38-24-20(28)8-7-19(22(24)30)23-21(29)14-31-25(32-17)33-23/h7-8,11-14H,5-6,9-10,15H2,1-4H3,(H,31,32,33). The third-order valence-electron chi connectivity index (χ3n) is 5.42. The minimum absolute atomic E-state index is 0.00489. The predicted octanol–water partition coefficient (Wildman–Crippen LogP) is 6.39. The highest BCUT2D eigenvalue weighted by molar-refractivity contribution is 7.92. The van der Waals surface area contributed by atoms with Gasteiger partial charge >= 0.3 is 6.09 Å². The quantitative estimate of drug-likeness (QED) is 0.372. The third kappa shape index (κ3) is 7.62. The highest BCUT2D eigenvalue weighted by Crippen LogP contribution is 2.33. The number of fused-ring (bicyclic) bond motifs is 7. The molecule has 214 valence electrons. The van der Waals surface area contributed by atoms with E-state index in [2.05, 4.69) is 19.6 Å². The summed E-state index contributed by atoms with van der Waals surface area (Å²) in [6, 6.07) is 6.98. The van der Waals surface area contributed by atoms with E-state index in [0.717, 1.165) is 18.3 Å². The predicted molar refractivity (Wildman–Crippen MR) is 144 cm³/mol. The number of halogens is 3. The smallest absolute Gasteiger partial charge is 0.442 e. The summed E-state index contributed by atoms with van der Waals surface area (Å²) in [5.41, 5.74) is -0.571. The number of nitrogens with zero attached hydrogens (tertiary/aromatic N) is 3. The van der Waals surface area contributed by atoms with Crippen molar-refractivity contribution in [3.63, 3.8) is 0 Å². The van der Waals surface area contributed by atoms with E-state index >= 15 is 4.39 Å². The van der Waals surface area contributed by atoms with E-state index in [4.69, 9.17) is 14.2 Å². The van der Waals surface area contributed by atoms with Gasteiger partial charge in [-0.05, 0) is 63.4 Å². The number of hydrogen-bond acceptors (Lipinski definition) is 8. The fraction of sp³-hybridized carbons (Fsp3) is 0.370. The first kappa shape index (κ1) is 29.1. The summed E-state index contributed by atoms with van der Waals surface area (Å²) in [6.07, 6.45) is 2.18. The lowest BCUT2D eigenvalue weighted by atomic mass is 10.1. The largest absolute Gasteiger partial charge is 0.494 e. The first-order valence-corrected chi connectivity index (χ1v) is 14.5. The summed E-state index contributed by atoms with van der Waals surface area (Å²) in [6.45, 7) is 5.28. The molecule has 1 unspecified atom stereocenters. The molecular formula is C27H29F3N4O5S. The topological polar surface area (TPSA) is 112 Å². The van der Waals surface area contributed by atoms with E-state index in [-0.39, 0.29) is 30.5 Å². The SMILES string of the molecule is CC(C)(C)OC(=O)N=S(C)(=O)Cc1cc2cc(c1)OCCCCOc1c(F)ccc(c1F)-c1nc(ncc1F)N2. The van der Waals surface area contributed by atoms with Crippen molar-refractivity contribution in [3.05, 3.63) is 59.5 Å². The number of benzene rings is 2. The third-order valence-corrected chi connectivity index (χ3v) is 6.82. The van der Waals surface area contributed by atoms with E-state index in [1.807, 2.05) is 0 Å². The number of amides is 1. The molecule has 2 aromatic carbocycles. The average Bonchev–Trinajstić information content (AvgIpc) is 2.82. The van der Waals surface area contributed by atoms with E-state index in [1.165, 1.54) is 6.26 Å². The van der Waals surface area contributed by atoms with Crippen molar-refractivity contribution < 1.29 is 36.4 Å². The van der Waals surface area contributed by atoms with Gasteiger partial charge in [-0.3, -0.25) is 0 Å². The normalized spacial score (nSPS) is 15.1. The Hall–Kier alpha value is -3.87. The van der Waals surface area contributed by atoms with Gasteiger partial charge in [0.25, 0.3) is 0 Å². The highest BCUT2D eigenvalue weighted by Gasteiger charge is 2.22. The maximum Gasteiger partial charge on any atom is 0.442 e. The summed E-state index contributed by atoms with van der Waals surface area (Å²) >= 11 is 0. The summed E-state index contributed by atoms with van der Waals surface area (Å²) in [7, 11) is -3.04. The number of anilines is 2. The van der Waals surface area contributed by atoms with Crippen LogP contribution in [0, 0.1) is 17.5 Å². The Morgan fingerprint density at radius 2 is 1.82 bits per heavy atom. The second kappa shape index (κ2) is 11.7. The molecule has 1 amide bonds. The Kier molecular flexibility index (Phi) is 8.52. The number of rotatable bonds is 2. The number of carbonyl (C=O) groups excluding carboxylic acids is 1. The number of carbonyl (C=O) groups is 1. The molecule has 9 nitrogen and oxygen atoms in total. The maximum absolute atomic E-state index is 15.2. The molecule has 0 spiro atoms. The van der Waals surface area contributed by atoms with Gasteiger partial charge in [-0.25, -0.2) is 32.1 Å². The van der Waals surface area contributed by atoms with Crippen molar-refractivity contribution in [1.82, 2.24) is 9.97 Å². The van der Waals surface area contributed by atoms with Gasteiger partial charge in [0, 0.05) is 23.6 Å². The molecule has 1 aromatic heterocycles. The summed E-state index contributed by atoms with van der Waals surface area (Å²) < 4.78 is 77.4. The summed E-state index contributed by atoms with van der Waals surface area (Å²) in [5.74, 6) is -3.32. The van der Waals surface area contributed by atoms with Crippen LogP contribution in [0.15, 0.2) is 40.9 Å². The van der Waals surface area contributed by atoms with Crippen molar-refractivity contribution in [2.45, 2.75) is 45.0 Å². The fourth-order valence-electron chi connectivity index (χ4n) is 3.84. The number of nitrogens with one attached hydrogen (secondary N) is 1. The molecule has 6 bridgehead atoms. The zero-order valence-electron chi connectivity index (χ0n) is 22.4. The van der Waals surface area contributed by atoms with Gasteiger partial charge in [-0.2, -0.15) is 0 Å². The van der Waals surface area contributed by atoms with Gasteiger partial charge in [0.2, 0.25) is 5.95 Å². The Balaban J connectivity index is 1.72. The van der Waals surface area contributed by atoms with Gasteiger partial charge < -0.3 is 19.5 Å². The number of ether oxygens (including phenoxy) is 3. The van der Waals surface area contributed by atoms with Crippen LogP contribution in [-0.2, 0) is 20.2 Å². The zero-order valence-corrected chi connectivity index (χ0v) is 23.2. The van der Waals surface area contributed by atoms with Gasteiger partial charge in [-0.1, -0.05) is 0 Å². The molecule has 13 heteroatoms. The van der Waals surface area contributed by atoms with Crippen LogP contribution in [0.1, 0.15) is 39.2 Å². The second-order valence-electron chi connectivity index (χ2n) is 10.2. The average molecular weight is 579 g/mol. The maximum atomic E-state index is 15.2. The number of aromatic nitrogens is 2. The van der Waals surface area contributed by atoms with Crippen molar-refractivity contribution >= 4 is 27.5 Å². The minimum atomic E-state index is -3.04. The number of hydrogen-bond donors (Lipinski definition) is 1. The molecule has 2 heterocycles. The molecule has 1 aliphatic rings. The lowest BCUT2D eigenvalue weighted by Crippen LogP contribution is -2.22. The molecular weight excluding hydrogens is 549 g/mol. The van der Waals surface area contributed by atoms with Crippen LogP contribution < -0.4 is 14.8 Å². The molecule has 4 rings (SSSR count). The molecule has 40 heavy (non-hydrogen) atoms. The van der Waals surface area contributed by atoms with Crippen molar-refractivity contribution in [2.75, 3.05) is 24.8 Å². The van der Waals surface area contributed by atoms with Crippen LogP contribution in [0.4, 0.5) is 29.6 Å². The van der Waals surface area contributed by atoms with Crippen molar-refractivity contribution in [2.24, 2.45) is 4.36 Å². The lowest BCUT2D eigenvalue weighted by molar-refractivity contribution is 0.0607. The first-order chi connectivity index (χ1) is 18.8. The Morgan fingerprint density at radius 3 is 2.55 bits per heavy atom. The zero-order chi connectivity index (χ0) is 29.1. The van der Waals surface area contributed by atoms with Crippen LogP contribution >= 0.6 is 0 Å². The highest BCUT2D eigenvalue weighted by atomic mass is 32.2. The van der Waals surface area contributed by atoms with Crippen LogP contribution in [0.5, 0.6) is 11.5 Å². The van der Waals surface area contributed by atoms with E-state index in [9.17, 15) is 17.8 Å². The molecule has 0 aliphatic carbocycles. The minimum Gasteiger partial charge on any atom is -0.494 e. The van der Waals surface area contributed by atoms with Crippen molar-refractivity contribution in [3.8, 4) is 22.8 Å².